The first-order valence-corrected chi connectivity index (χ1v) is 9.82. The third-order valence-corrected chi connectivity index (χ3v) is 5.61. The summed E-state index contributed by atoms with van der Waals surface area (Å²) >= 11 is 1.72. The Morgan fingerprint density at radius 3 is 2.96 bits per heavy atom. The number of thiophene rings is 1. The number of methoxy groups -OCH3 is 1. The zero-order valence-electron chi connectivity index (χ0n) is 14.7. The third kappa shape index (κ3) is 4.61. The first-order valence-electron chi connectivity index (χ1n) is 8.95. The zero-order chi connectivity index (χ0) is 17.5. The summed E-state index contributed by atoms with van der Waals surface area (Å²) in [6.07, 6.45) is 4.25. The van der Waals surface area contributed by atoms with Crippen LogP contribution < -0.4 is 5.32 Å². The standard InChI is InChI=1S/C20H26N2O2S/c1-24-13-11-16-7-4-5-12-22(16)20(23)18-9-2-3-10-19(18)21-15-17-8-6-14-25-17/h2-3,6,8-10,14,16,21H,4-5,7,11-13,15H2,1H3/t16-/m0/s1. The Balaban J connectivity index is 1.74. The van der Waals surface area contributed by atoms with Crippen molar-refractivity contribution >= 4 is 22.9 Å². The molecule has 4 nitrogen and oxygen atoms in total. The Bertz CT molecular complexity index is 672. The number of carbonyl (C=O) groups excluding carboxylic acids is 1. The highest BCUT2D eigenvalue weighted by Gasteiger charge is 2.28. The van der Waals surface area contributed by atoms with E-state index >= 15 is 0 Å². The highest BCUT2D eigenvalue weighted by atomic mass is 32.1. The number of amides is 1. The first-order chi connectivity index (χ1) is 12.3. The second kappa shape index (κ2) is 9.02. The van der Waals surface area contributed by atoms with E-state index in [9.17, 15) is 4.79 Å². The molecule has 0 spiro atoms. The van der Waals surface area contributed by atoms with Gasteiger partial charge in [0, 0.05) is 43.4 Å². The molecular weight excluding hydrogens is 332 g/mol. The second-order valence-corrected chi connectivity index (χ2v) is 7.44. The van der Waals surface area contributed by atoms with Crippen LogP contribution in [0.3, 0.4) is 0 Å². The fourth-order valence-electron chi connectivity index (χ4n) is 3.40. The van der Waals surface area contributed by atoms with Crippen LogP contribution in [0.1, 0.15) is 40.9 Å². The molecule has 0 radical (unpaired) electrons. The Morgan fingerprint density at radius 1 is 1.28 bits per heavy atom. The summed E-state index contributed by atoms with van der Waals surface area (Å²) in [4.78, 5) is 16.5. The molecule has 1 atom stereocenters. The topological polar surface area (TPSA) is 41.6 Å². The minimum atomic E-state index is 0.134. The van der Waals surface area contributed by atoms with Gasteiger partial charge in [0.15, 0.2) is 0 Å². The van der Waals surface area contributed by atoms with Crippen molar-refractivity contribution in [1.29, 1.82) is 0 Å². The van der Waals surface area contributed by atoms with E-state index in [1.54, 1.807) is 18.4 Å². The number of likely N-dealkylation sites (tertiary alicyclic amines) is 1. The van der Waals surface area contributed by atoms with E-state index in [0.29, 0.717) is 6.61 Å². The summed E-state index contributed by atoms with van der Waals surface area (Å²) in [6.45, 7) is 2.29. The Hall–Kier alpha value is -1.85. The largest absolute Gasteiger partial charge is 0.385 e. The van der Waals surface area contributed by atoms with Crippen LogP contribution in [0.2, 0.25) is 0 Å². The van der Waals surface area contributed by atoms with Gasteiger partial charge >= 0.3 is 0 Å². The lowest BCUT2D eigenvalue weighted by Crippen LogP contribution is -2.44. The van der Waals surface area contributed by atoms with E-state index < -0.39 is 0 Å². The molecule has 0 saturated carbocycles. The minimum Gasteiger partial charge on any atom is -0.385 e. The number of para-hydroxylation sites is 1. The molecule has 1 aromatic carbocycles. The number of hydrogen-bond donors (Lipinski definition) is 1. The highest BCUT2D eigenvalue weighted by molar-refractivity contribution is 7.09. The van der Waals surface area contributed by atoms with Gasteiger partial charge in [0.25, 0.3) is 5.91 Å². The summed E-state index contributed by atoms with van der Waals surface area (Å²) < 4.78 is 5.23. The average molecular weight is 359 g/mol. The Morgan fingerprint density at radius 2 is 2.16 bits per heavy atom. The molecule has 1 amide bonds. The van der Waals surface area contributed by atoms with Crippen LogP contribution in [0.15, 0.2) is 41.8 Å². The Kier molecular flexibility index (Phi) is 6.48. The van der Waals surface area contributed by atoms with Gasteiger partial charge in [-0.05, 0) is 49.3 Å². The molecule has 0 unspecified atom stereocenters. The number of carbonyl (C=O) groups is 1. The SMILES string of the molecule is COCC[C@@H]1CCCCN1C(=O)c1ccccc1NCc1cccs1. The fourth-order valence-corrected chi connectivity index (χ4v) is 4.04. The van der Waals surface area contributed by atoms with E-state index in [1.165, 1.54) is 11.3 Å². The van der Waals surface area contributed by atoms with Crippen molar-refractivity contribution in [2.75, 3.05) is 25.6 Å². The number of nitrogens with zero attached hydrogens (tertiary/aromatic N) is 1. The molecule has 1 N–H and O–H groups in total. The molecule has 25 heavy (non-hydrogen) atoms. The average Bonchev–Trinajstić information content (AvgIpc) is 3.18. The monoisotopic (exact) mass is 358 g/mol. The molecule has 0 aliphatic carbocycles. The summed E-state index contributed by atoms with van der Waals surface area (Å²) in [5.74, 6) is 0.134. The summed E-state index contributed by atoms with van der Waals surface area (Å²) in [6, 6.07) is 12.3. The predicted octanol–water partition coefficient (Wildman–Crippen LogP) is 4.39. The van der Waals surface area contributed by atoms with Crippen LogP contribution in [0.5, 0.6) is 0 Å². The highest BCUT2D eigenvalue weighted by Crippen LogP contribution is 2.25. The van der Waals surface area contributed by atoms with Crippen molar-refractivity contribution in [2.24, 2.45) is 0 Å². The number of hydrogen-bond acceptors (Lipinski definition) is 4. The molecule has 5 heteroatoms. The van der Waals surface area contributed by atoms with Gasteiger partial charge in [-0.25, -0.2) is 0 Å². The lowest BCUT2D eigenvalue weighted by atomic mass is 9.98. The number of piperidine rings is 1. The number of nitrogens with one attached hydrogen (secondary N) is 1. The van der Waals surface area contributed by atoms with Crippen LogP contribution in [0, 0.1) is 0 Å². The zero-order valence-corrected chi connectivity index (χ0v) is 15.6. The molecular formula is C20H26N2O2S. The number of ether oxygens (including phenoxy) is 1. The van der Waals surface area contributed by atoms with Crippen molar-refractivity contribution in [3.8, 4) is 0 Å². The molecule has 0 bridgehead atoms. The quantitative estimate of drug-likeness (QED) is 0.798. The number of benzene rings is 1. The maximum atomic E-state index is 13.2. The first kappa shape index (κ1) is 18.0. The lowest BCUT2D eigenvalue weighted by Gasteiger charge is -2.36. The van der Waals surface area contributed by atoms with Crippen molar-refractivity contribution in [2.45, 2.75) is 38.3 Å². The van der Waals surface area contributed by atoms with Crippen LogP contribution in [0.25, 0.3) is 0 Å². The van der Waals surface area contributed by atoms with E-state index in [4.69, 9.17) is 4.74 Å². The van der Waals surface area contributed by atoms with Crippen LogP contribution in [0.4, 0.5) is 5.69 Å². The van der Waals surface area contributed by atoms with Gasteiger partial charge in [0.1, 0.15) is 0 Å². The fraction of sp³-hybridized carbons (Fsp3) is 0.450. The molecule has 2 heterocycles. The van der Waals surface area contributed by atoms with Crippen molar-refractivity contribution in [3.63, 3.8) is 0 Å². The van der Waals surface area contributed by atoms with Gasteiger partial charge in [-0.3, -0.25) is 4.79 Å². The normalized spacial score (nSPS) is 17.5. The second-order valence-electron chi connectivity index (χ2n) is 6.41. The van der Waals surface area contributed by atoms with Crippen molar-refractivity contribution < 1.29 is 9.53 Å². The van der Waals surface area contributed by atoms with Crippen LogP contribution in [-0.4, -0.2) is 37.1 Å². The van der Waals surface area contributed by atoms with Crippen molar-refractivity contribution in [1.82, 2.24) is 4.90 Å². The molecule has 1 aliphatic rings. The van der Waals surface area contributed by atoms with E-state index in [1.807, 2.05) is 35.2 Å². The van der Waals surface area contributed by atoms with E-state index in [-0.39, 0.29) is 11.9 Å². The minimum absolute atomic E-state index is 0.134. The third-order valence-electron chi connectivity index (χ3n) is 4.73. The summed E-state index contributed by atoms with van der Waals surface area (Å²) in [5.41, 5.74) is 1.68. The van der Waals surface area contributed by atoms with E-state index in [0.717, 1.165) is 43.6 Å². The maximum Gasteiger partial charge on any atom is 0.256 e. The summed E-state index contributed by atoms with van der Waals surface area (Å²) in [7, 11) is 1.72. The molecule has 3 rings (SSSR count). The maximum absolute atomic E-state index is 13.2. The van der Waals surface area contributed by atoms with Crippen LogP contribution in [-0.2, 0) is 11.3 Å². The summed E-state index contributed by atoms with van der Waals surface area (Å²) in [5, 5.41) is 5.50. The molecule has 2 aromatic rings. The van der Waals surface area contributed by atoms with Gasteiger partial charge in [0.05, 0.1) is 5.56 Å². The number of anilines is 1. The van der Waals surface area contributed by atoms with Gasteiger partial charge in [-0.1, -0.05) is 18.2 Å². The van der Waals surface area contributed by atoms with Gasteiger partial charge in [0.2, 0.25) is 0 Å². The van der Waals surface area contributed by atoms with Gasteiger partial charge in [-0.15, -0.1) is 11.3 Å². The van der Waals surface area contributed by atoms with Gasteiger partial charge in [-0.2, -0.15) is 0 Å². The molecule has 134 valence electrons. The number of rotatable bonds is 7. The predicted molar refractivity (Wildman–Crippen MR) is 103 cm³/mol. The van der Waals surface area contributed by atoms with E-state index in [2.05, 4.69) is 16.8 Å². The van der Waals surface area contributed by atoms with Gasteiger partial charge < -0.3 is 15.0 Å². The van der Waals surface area contributed by atoms with Crippen molar-refractivity contribution in [3.05, 3.63) is 52.2 Å². The lowest BCUT2D eigenvalue weighted by molar-refractivity contribution is 0.0554. The molecule has 1 saturated heterocycles. The van der Waals surface area contributed by atoms with Crippen LogP contribution >= 0.6 is 11.3 Å². The Labute approximate surface area is 153 Å². The molecule has 1 aromatic heterocycles. The molecule has 1 aliphatic heterocycles. The smallest absolute Gasteiger partial charge is 0.256 e. The molecule has 1 fully saturated rings.